The quantitative estimate of drug-likeness (QED) is 0.234. The zero-order valence-electron chi connectivity index (χ0n) is 14.7. The molecule has 0 aliphatic carbocycles. The average molecular weight is 321 g/mol. The molecule has 0 fully saturated rings. The van der Waals surface area contributed by atoms with Crippen LogP contribution in [0.1, 0.15) is 104 Å². The van der Waals surface area contributed by atoms with Crippen LogP contribution in [0.3, 0.4) is 0 Å². The Morgan fingerprint density at radius 2 is 0.600 bits per heavy atom. The molecule has 0 aromatic rings. The lowest BCUT2D eigenvalue weighted by Crippen LogP contribution is -1.82. The molecule has 0 heterocycles. The second-order valence-corrected chi connectivity index (χ2v) is 8.24. The third-order valence-electron chi connectivity index (χ3n) is 3.62. The van der Waals surface area contributed by atoms with Crippen molar-refractivity contribution in [3.8, 4) is 0 Å². The molecule has 0 aliphatic rings. The van der Waals surface area contributed by atoms with E-state index in [1.54, 1.807) is 21.6 Å². The van der Waals surface area contributed by atoms with Crippen molar-refractivity contribution in [3.05, 3.63) is 0 Å². The Labute approximate surface area is 138 Å². The third kappa shape index (κ3) is 27.1. The molecule has 0 N–H and O–H groups in total. The van der Waals surface area contributed by atoms with Crippen LogP contribution in [0.2, 0.25) is 0 Å². The van der Waals surface area contributed by atoms with Crippen LogP contribution in [-0.4, -0.2) is 12.5 Å². The van der Waals surface area contributed by atoms with E-state index in [0.29, 0.717) is 0 Å². The van der Waals surface area contributed by atoms with Gasteiger partial charge in [-0.25, -0.2) is 0 Å². The van der Waals surface area contributed by atoms with E-state index in [1.807, 2.05) is 0 Å². The number of rotatable bonds is 14. The van der Waals surface area contributed by atoms with Crippen molar-refractivity contribution in [3.63, 3.8) is 0 Å². The average Bonchev–Trinajstić information content (AvgIpc) is 2.49. The normalized spacial score (nSPS) is 10.2. The predicted molar refractivity (Wildman–Crippen MR) is 103 cm³/mol. The molecule has 0 aliphatic heterocycles. The lowest BCUT2D eigenvalue weighted by Gasteiger charge is -2.02. The first-order valence-corrected chi connectivity index (χ1v) is 11.9. The summed E-state index contributed by atoms with van der Waals surface area (Å²) in [5, 5.41) is 0. The summed E-state index contributed by atoms with van der Waals surface area (Å²) in [4.78, 5) is 0. The minimum absolute atomic E-state index is 1.37. The molecule has 0 saturated carbocycles. The highest BCUT2D eigenvalue weighted by atomic mass is 33.1. The minimum atomic E-state index is 1.37. The number of unbranched alkanes of at least 4 members (excludes halogenated alkanes) is 13. The van der Waals surface area contributed by atoms with Crippen LogP contribution in [0.25, 0.3) is 0 Å². The second-order valence-electron chi connectivity index (χ2n) is 5.58. The van der Waals surface area contributed by atoms with Crippen LogP contribution in [0.5, 0.6) is 0 Å². The highest BCUT2D eigenvalue weighted by Crippen LogP contribution is 2.12. The fraction of sp³-hybridized carbons (Fsp3) is 1.00. The van der Waals surface area contributed by atoms with Crippen LogP contribution >= 0.6 is 21.6 Å². The summed E-state index contributed by atoms with van der Waals surface area (Å²) in [6.45, 7) is 4.58. The molecule has 0 aromatic heterocycles. The van der Waals surface area contributed by atoms with Crippen LogP contribution < -0.4 is 0 Å². The highest BCUT2D eigenvalue weighted by Gasteiger charge is 1.92. The molecule has 124 valence electrons. The standard InChI is InChI=1S/C16H34.C2H6S2/c1-3-5-7-9-11-13-15-16-14-12-10-8-6-4-2;1-3-4-2/h3-16H2,1-2H3;1-2H3. The van der Waals surface area contributed by atoms with Crippen LogP contribution in [-0.2, 0) is 0 Å². The van der Waals surface area contributed by atoms with Crippen molar-refractivity contribution >= 4 is 21.6 Å². The molecule has 0 atom stereocenters. The van der Waals surface area contributed by atoms with Crippen molar-refractivity contribution in [1.29, 1.82) is 0 Å². The van der Waals surface area contributed by atoms with Crippen LogP contribution in [0, 0.1) is 0 Å². The Balaban J connectivity index is 0. The Morgan fingerprint density at radius 1 is 0.400 bits per heavy atom. The van der Waals surface area contributed by atoms with E-state index < -0.39 is 0 Å². The van der Waals surface area contributed by atoms with Gasteiger partial charge in [-0.05, 0) is 12.5 Å². The van der Waals surface area contributed by atoms with Crippen molar-refractivity contribution < 1.29 is 0 Å². The van der Waals surface area contributed by atoms with Gasteiger partial charge in [0, 0.05) is 0 Å². The highest BCUT2D eigenvalue weighted by molar-refractivity contribution is 8.76. The molecule has 0 rings (SSSR count). The zero-order valence-corrected chi connectivity index (χ0v) is 16.3. The molecule has 2 heteroatoms. The molecule has 0 aromatic carbocycles. The summed E-state index contributed by atoms with van der Waals surface area (Å²) in [6, 6.07) is 0. The molecule has 0 saturated heterocycles. The minimum Gasteiger partial charge on any atom is -0.0979 e. The van der Waals surface area contributed by atoms with E-state index in [4.69, 9.17) is 0 Å². The lowest BCUT2D eigenvalue weighted by atomic mass is 10.0. The topological polar surface area (TPSA) is 0 Å². The SMILES string of the molecule is CCCCCCCCCCCCCCCC.CSSC. The van der Waals surface area contributed by atoms with Crippen LogP contribution in [0.4, 0.5) is 0 Å². The van der Waals surface area contributed by atoms with E-state index in [2.05, 4.69) is 26.4 Å². The second kappa shape index (κ2) is 24.7. The number of hydrogen-bond acceptors (Lipinski definition) is 2. The largest absolute Gasteiger partial charge is 0.0979 e. The molecule has 0 amide bonds. The molecule has 0 unspecified atom stereocenters. The Kier molecular flexibility index (Phi) is 28.4. The monoisotopic (exact) mass is 320 g/mol. The summed E-state index contributed by atoms with van der Waals surface area (Å²) in [5.74, 6) is 0. The van der Waals surface area contributed by atoms with Crippen molar-refractivity contribution in [2.24, 2.45) is 0 Å². The van der Waals surface area contributed by atoms with Crippen molar-refractivity contribution in [2.75, 3.05) is 12.5 Å². The number of hydrogen-bond donors (Lipinski definition) is 0. The molecule has 0 nitrogen and oxygen atoms in total. The van der Waals surface area contributed by atoms with Gasteiger partial charge >= 0.3 is 0 Å². The summed E-state index contributed by atoms with van der Waals surface area (Å²) in [6.07, 6.45) is 24.5. The van der Waals surface area contributed by atoms with Gasteiger partial charge in [-0.15, -0.1) is 0 Å². The van der Waals surface area contributed by atoms with Gasteiger partial charge in [0.1, 0.15) is 0 Å². The Morgan fingerprint density at radius 3 is 0.750 bits per heavy atom. The van der Waals surface area contributed by atoms with Crippen molar-refractivity contribution in [2.45, 2.75) is 104 Å². The summed E-state index contributed by atoms with van der Waals surface area (Å²) in [7, 11) is 3.55. The maximum absolute atomic E-state index is 2.29. The smallest absolute Gasteiger partial charge is 0.00793 e. The molecular formula is C18H40S2. The van der Waals surface area contributed by atoms with Crippen molar-refractivity contribution in [1.82, 2.24) is 0 Å². The van der Waals surface area contributed by atoms with E-state index in [-0.39, 0.29) is 0 Å². The van der Waals surface area contributed by atoms with E-state index in [9.17, 15) is 0 Å². The fourth-order valence-electron chi connectivity index (χ4n) is 2.27. The van der Waals surface area contributed by atoms with Gasteiger partial charge in [0.05, 0.1) is 0 Å². The maximum Gasteiger partial charge on any atom is -0.00793 e. The first kappa shape index (κ1) is 23.0. The fourth-order valence-corrected chi connectivity index (χ4v) is 2.27. The van der Waals surface area contributed by atoms with Gasteiger partial charge in [-0.3, -0.25) is 0 Å². The first-order valence-electron chi connectivity index (χ1n) is 8.90. The molecular weight excluding hydrogens is 280 g/mol. The summed E-state index contributed by atoms with van der Waals surface area (Å²) < 4.78 is 0. The van der Waals surface area contributed by atoms with E-state index in [1.165, 1.54) is 89.9 Å². The zero-order chi connectivity index (χ0) is 15.3. The van der Waals surface area contributed by atoms with Crippen LogP contribution in [0.15, 0.2) is 0 Å². The van der Waals surface area contributed by atoms with Gasteiger partial charge in [0.25, 0.3) is 0 Å². The molecule has 0 spiro atoms. The molecule has 0 bridgehead atoms. The van der Waals surface area contributed by atoms with Gasteiger partial charge in [0.15, 0.2) is 0 Å². The molecule has 0 radical (unpaired) electrons. The van der Waals surface area contributed by atoms with E-state index >= 15 is 0 Å². The molecule has 20 heavy (non-hydrogen) atoms. The van der Waals surface area contributed by atoms with Gasteiger partial charge in [0.2, 0.25) is 0 Å². The predicted octanol–water partition coefficient (Wildman–Crippen LogP) is 8.12. The Hall–Kier alpha value is 0.700. The Bertz CT molecular complexity index is 121. The van der Waals surface area contributed by atoms with Gasteiger partial charge in [-0.2, -0.15) is 0 Å². The van der Waals surface area contributed by atoms with E-state index in [0.717, 1.165) is 0 Å². The lowest BCUT2D eigenvalue weighted by molar-refractivity contribution is 0.538. The summed E-state index contributed by atoms with van der Waals surface area (Å²) in [5.41, 5.74) is 0. The van der Waals surface area contributed by atoms with Gasteiger partial charge < -0.3 is 0 Å². The van der Waals surface area contributed by atoms with Gasteiger partial charge in [-0.1, -0.05) is 125 Å². The maximum atomic E-state index is 2.29. The summed E-state index contributed by atoms with van der Waals surface area (Å²) >= 11 is 0. The first-order chi connectivity index (χ1) is 9.83. The third-order valence-corrected chi connectivity index (χ3v) is 4.96.